The van der Waals surface area contributed by atoms with E-state index in [-0.39, 0.29) is 6.04 Å². The number of hydrogen-bond donors (Lipinski definition) is 1. The van der Waals surface area contributed by atoms with Crippen molar-refractivity contribution in [2.24, 2.45) is 4.36 Å². The third-order valence-electron chi connectivity index (χ3n) is 3.40. The first kappa shape index (κ1) is 13.4. The molecule has 0 radical (unpaired) electrons. The maximum absolute atomic E-state index is 13.2. The van der Waals surface area contributed by atoms with E-state index in [1.807, 2.05) is 30.4 Å². The van der Waals surface area contributed by atoms with Crippen LogP contribution in [-0.4, -0.2) is 28.1 Å². The topological polar surface area (TPSA) is 58.7 Å². The van der Waals surface area contributed by atoms with Gasteiger partial charge in [-0.15, -0.1) is 0 Å². The van der Waals surface area contributed by atoms with Gasteiger partial charge in [-0.1, -0.05) is 13.0 Å². The van der Waals surface area contributed by atoms with Crippen LogP contribution in [0.3, 0.4) is 0 Å². The Bertz CT molecular complexity index is 531. The van der Waals surface area contributed by atoms with Gasteiger partial charge < -0.3 is 5.73 Å². The molecule has 1 aliphatic rings. The lowest BCUT2D eigenvalue weighted by molar-refractivity contribution is 0.417. The second-order valence-corrected chi connectivity index (χ2v) is 7.00. The highest BCUT2D eigenvalue weighted by atomic mass is 32.2. The summed E-state index contributed by atoms with van der Waals surface area (Å²) in [5.41, 5.74) is 6.42. The smallest absolute Gasteiger partial charge is 0.139 e. The minimum Gasteiger partial charge on any atom is -0.399 e. The molecule has 0 saturated heterocycles. The fourth-order valence-electron chi connectivity index (χ4n) is 1.87. The number of nitrogens with zero attached hydrogens (tertiary/aromatic N) is 2. The van der Waals surface area contributed by atoms with E-state index in [9.17, 15) is 4.21 Å². The molecule has 0 aliphatic heterocycles. The Hall–Kier alpha value is -1.07. The lowest BCUT2D eigenvalue weighted by Crippen LogP contribution is -2.29. The summed E-state index contributed by atoms with van der Waals surface area (Å²) in [6, 6.07) is 7.51. The van der Waals surface area contributed by atoms with E-state index in [0.717, 1.165) is 17.7 Å². The number of rotatable bonds is 4. The molecule has 0 amide bonds. The van der Waals surface area contributed by atoms with Crippen molar-refractivity contribution in [3.05, 3.63) is 24.3 Å². The van der Waals surface area contributed by atoms with Crippen LogP contribution >= 0.6 is 0 Å². The third kappa shape index (κ3) is 2.52. The molecule has 1 aromatic rings. The number of nitrogen functional groups attached to an aromatic ring is 1. The number of anilines is 1. The lowest BCUT2D eigenvalue weighted by Gasteiger charge is -2.27. The summed E-state index contributed by atoms with van der Waals surface area (Å²) < 4.78 is 19.6. The van der Waals surface area contributed by atoms with Gasteiger partial charge in [-0.25, -0.2) is 12.9 Å². The molecule has 0 aromatic heterocycles. The zero-order valence-electron chi connectivity index (χ0n) is 11.0. The average molecular weight is 267 g/mol. The number of benzene rings is 1. The molecule has 2 rings (SSSR count). The number of nitrogens with two attached hydrogens (primary N) is 1. The van der Waals surface area contributed by atoms with E-state index in [0.29, 0.717) is 12.2 Å². The standard InChI is InChI=1S/C13H21N3OS/c1-3-16(2)18(17,15-12-7-5-8-12)13-9-4-6-11(14)10-13/h4,6,9-10,12H,3,5,7-8,14H2,1-2H3. The Morgan fingerprint density at radius 3 is 2.72 bits per heavy atom. The van der Waals surface area contributed by atoms with E-state index in [1.54, 1.807) is 12.1 Å². The molecule has 0 spiro atoms. The van der Waals surface area contributed by atoms with Crippen LogP contribution in [0.15, 0.2) is 33.5 Å². The van der Waals surface area contributed by atoms with Crippen LogP contribution < -0.4 is 5.73 Å². The summed E-state index contributed by atoms with van der Waals surface area (Å²) in [6.45, 7) is 2.69. The van der Waals surface area contributed by atoms with Gasteiger partial charge in [0.25, 0.3) is 0 Å². The van der Waals surface area contributed by atoms with Gasteiger partial charge in [0, 0.05) is 19.3 Å². The Morgan fingerprint density at radius 1 is 1.50 bits per heavy atom. The zero-order valence-corrected chi connectivity index (χ0v) is 11.8. The van der Waals surface area contributed by atoms with Crippen molar-refractivity contribution in [1.29, 1.82) is 0 Å². The first-order valence-corrected chi connectivity index (χ1v) is 7.86. The van der Waals surface area contributed by atoms with E-state index >= 15 is 0 Å². The maximum atomic E-state index is 13.2. The van der Waals surface area contributed by atoms with Crippen molar-refractivity contribution in [2.45, 2.75) is 37.1 Å². The van der Waals surface area contributed by atoms with Crippen LogP contribution in [0.2, 0.25) is 0 Å². The molecule has 1 fully saturated rings. The summed E-state index contributed by atoms with van der Waals surface area (Å²) in [7, 11) is -0.646. The molecule has 18 heavy (non-hydrogen) atoms. The lowest BCUT2D eigenvalue weighted by atomic mass is 9.95. The van der Waals surface area contributed by atoms with Gasteiger partial charge in [-0.05, 0) is 37.5 Å². The quantitative estimate of drug-likeness (QED) is 0.852. The highest BCUT2D eigenvalue weighted by molar-refractivity contribution is 7.91. The molecule has 2 N–H and O–H groups in total. The summed E-state index contributed by atoms with van der Waals surface area (Å²) in [5.74, 6) is 0. The Morgan fingerprint density at radius 2 is 2.22 bits per heavy atom. The predicted octanol–water partition coefficient (Wildman–Crippen LogP) is 2.51. The summed E-state index contributed by atoms with van der Waals surface area (Å²) >= 11 is 0. The average Bonchev–Trinajstić information content (AvgIpc) is 2.32. The Balaban J connectivity index is 2.48. The third-order valence-corrected chi connectivity index (χ3v) is 5.95. The van der Waals surface area contributed by atoms with Crippen LogP contribution in [0.4, 0.5) is 5.69 Å². The normalized spacial score (nSPS) is 19.3. The van der Waals surface area contributed by atoms with Crippen molar-refractivity contribution >= 4 is 15.6 Å². The Kier molecular flexibility index (Phi) is 3.92. The predicted molar refractivity (Wildman–Crippen MR) is 75.6 cm³/mol. The Labute approximate surface area is 109 Å². The molecular formula is C13H21N3OS. The van der Waals surface area contributed by atoms with E-state index in [1.165, 1.54) is 6.42 Å². The molecule has 1 unspecified atom stereocenters. The van der Waals surface area contributed by atoms with Gasteiger partial charge in [0.05, 0.1) is 10.9 Å². The van der Waals surface area contributed by atoms with Crippen LogP contribution in [0.1, 0.15) is 26.2 Å². The molecular weight excluding hydrogens is 246 g/mol. The van der Waals surface area contributed by atoms with Gasteiger partial charge in [0.15, 0.2) is 0 Å². The fourth-order valence-corrected chi connectivity index (χ4v) is 4.02. The highest BCUT2D eigenvalue weighted by Crippen LogP contribution is 2.27. The summed E-state index contributed by atoms with van der Waals surface area (Å²) in [6.07, 6.45) is 3.30. The number of hydrogen-bond acceptors (Lipinski definition) is 3. The molecule has 0 bridgehead atoms. The van der Waals surface area contributed by atoms with Crippen LogP contribution in [-0.2, 0) is 9.92 Å². The first-order valence-electron chi connectivity index (χ1n) is 6.39. The van der Waals surface area contributed by atoms with Crippen molar-refractivity contribution in [1.82, 2.24) is 4.31 Å². The van der Waals surface area contributed by atoms with E-state index in [4.69, 9.17) is 5.73 Å². The summed E-state index contributed by atoms with van der Waals surface area (Å²) in [4.78, 5) is 0.721. The molecule has 1 atom stereocenters. The van der Waals surface area contributed by atoms with Crippen molar-refractivity contribution in [3.8, 4) is 0 Å². The second-order valence-electron chi connectivity index (χ2n) is 4.70. The zero-order chi connectivity index (χ0) is 13.2. The molecule has 1 saturated carbocycles. The fraction of sp³-hybridized carbons (Fsp3) is 0.538. The minimum atomic E-state index is -2.50. The monoisotopic (exact) mass is 267 g/mol. The second kappa shape index (κ2) is 5.28. The van der Waals surface area contributed by atoms with Crippen LogP contribution in [0.25, 0.3) is 0 Å². The van der Waals surface area contributed by atoms with Crippen molar-refractivity contribution in [3.63, 3.8) is 0 Å². The van der Waals surface area contributed by atoms with E-state index in [2.05, 4.69) is 4.36 Å². The maximum Gasteiger partial charge on any atom is 0.139 e. The van der Waals surface area contributed by atoms with Crippen molar-refractivity contribution in [2.75, 3.05) is 19.3 Å². The molecule has 100 valence electrons. The molecule has 1 aromatic carbocycles. The minimum absolute atomic E-state index is 0.243. The largest absolute Gasteiger partial charge is 0.399 e. The van der Waals surface area contributed by atoms with E-state index < -0.39 is 9.92 Å². The summed E-state index contributed by atoms with van der Waals surface area (Å²) in [5, 5.41) is 0. The van der Waals surface area contributed by atoms with Crippen molar-refractivity contribution < 1.29 is 4.21 Å². The molecule has 0 heterocycles. The molecule has 4 nitrogen and oxygen atoms in total. The first-order chi connectivity index (χ1) is 8.56. The van der Waals surface area contributed by atoms with Gasteiger partial charge in [-0.2, -0.15) is 0 Å². The van der Waals surface area contributed by atoms with Gasteiger partial charge in [0.2, 0.25) is 0 Å². The van der Waals surface area contributed by atoms with Gasteiger partial charge >= 0.3 is 0 Å². The molecule has 5 heteroatoms. The SMILES string of the molecule is CCN(C)S(=O)(=NC1CCC1)c1cccc(N)c1. The highest BCUT2D eigenvalue weighted by Gasteiger charge is 2.24. The van der Waals surface area contributed by atoms with Gasteiger partial charge in [0.1, 0.15) is 9.92 Å². The van der Waals surface area contributed by atoms with Crippen LogP contribution in [0.5, 0.6) is 0 Å². The molecule has 1 aliphatic carbocycles. The van der Waals surface area contributed by atoms with Crippen LogP contribution in [0, 0.1) is 0 Å². The van der Waals surface area contributed by atoms with Gasteiger partial charge in [-0.3, -0.25) is 0 Å².